The van der Waals surface area contributed by atoms with Crippen LogP contribution in [0.15, 0.2) is 18.2 Å². The van der Waals surface area contributed by atoms with Crippen LogP contribution in [0.4, 0.5) is 0 Å². The summed E-state index contributed by atoms with van der Waals surface area (Å²) >= 11 is 0. The summed E-state index contributed by atoms with van der Waals surface area (Å²) in [4.78, 5) is 55.2. The Kier molecular flexibility index (Phi) is 4.88. The topological polar surface area (TPSA) is 102 Å². The number of amides is 4. The molecule has 1 aromatic rings. The SMILES string of the molecule is O=C1CCC(N2C(=O)c3ccc(CN4CCN(C5CNC5)CC4)cc3C2=O)C(=O)N1. The largest absolute Gasteiger partial charge is 0.314 e. The molecule has 5 rings (SSSR count). The summed E-state index contributed by atoms with van der Waals surface area (Å²) in [6.45, 7) is 6.90. The summed E-state index contributed by atoms with van der Waals surface area (Å²) in [6.07, 6.45) is 0.293. The molecule has 158 valence electrons. The van der Waals surface area contributed by atoms with E-state index in [-0.39, 0.29) is 18.7 Å². The maximum Gasteiger partial charge on any atom is 0.262 e. The maximum atomic E-state index is 12.9. The fourth-order valence-corrected chi connectivity index (χ4v) is 4.69. The molecule has 3 saturated heterocycles. The Morgan fingerprint density at radius 2 is 1.67 bits per heavy atom. The van der Waals surface area contributed by atoms with E-state index in [4.69, 9.17) is 0 Å². The zero-order chi connectivity index (χ0) is 20.8. The lowest BCUT2D eigenvalue weighted by Crippen LogP contribution is -2.61. The lowest BCUT2D eigenvalue weighted by Gasteiger charge is -2.43. The first-order valence-corrected chi connectivity index (χ1v) is 10.5. The van der Waals surface area contributed by atoms with Gasteiger partial charge in [-0.15, -0.1) is 0 Å². The van der Waals surface area contributed by atoms with Crippen molar-refractivity contribution in [2.75, 3.05) is 39.3 Å². The van der Waals surface area contributed by atoms with Gasteiger partial charge in [0.1, 0.15) is 6.04 Å². The molecule has 9 nitrogen and oxygen atoms in total. The van der Waals surface area contributed by atoms with E-state index in [0.29, 0.717) is 17.2 Å². The van der Waals surface area contributed by atoms with E-state index >= 15 is 0 Å². The second-order valence-corrected chi connectivity index (χ2v) is 8.45. The summed E-state index contributed by atoms with van der Waals surface area (Å²) in [7, 11) is 0. The first-order chi connectivity index (χ1) is 14.5. The third kappa shape index (κ3) is 3.32. The van der Waals surface area contributed by atoms with Crippen LogP contribution in [0.5, 0.6) is 0 Å². The lowest BCUT2D eigenvalue weighted by molar-refractivity contribution is -0.136. The number of imide groups is 2. The number of nitrogens with zero attached hydrogens (tertiary/aromatic N) is 3. The Morgan fingerprint density at radius 3 is 2.33 bits per heavy atom. The zero-order valence-electron chi connectivity index (χ0n) is 16.7. The van der Waals surface area contributed by atoms with Crippen LogP contribution in [0.2, 0.25) is 0 Å². The van der Waals surface area contributed by atoms with Gasteiger partial charge in [-0.05, 0) is 24.1 Å². The number of rotatable bonds is 4. The highest BCUT2D eigenvalue weighted by molar-refractivity contribution is 6.23. The molecule has 0 aliphatic carbocycles. The van der Waals surface area contributed by atoms with Gasteiger partial charge in [0.15, 0.2) is 0 Å². The zero-order valence-corrected chi connectivity index (χ0v) is 16.7. The number of piperazine rings is 1. The van der Waals surface area contributed by atoms with Crippen molar-refractivity contribution >= 4 is 23.6 Å². The number of hydrogen-bond donors (Lipinski definition) is 2. The molecule has 3 fully saturated rings. The molecule has 0 bridgehead atoms. The minimum absolute atomic E-state index is 0.123. The molecular weight excluding hydrogens is 386 g/mol. The normalized spacial score (nSPS) is 26.0. The van der Waals surface area contributed by atoms with Crippen LogP contribution < -0.4 is 10.6 Å². The predicted octanol–water partition coefficient (Wildman–Crippen LogP) is -0.823. The van der Waals surface area contributed by atoms with Crippen molar-refractivity contribution in [3.8, 4) is 0 Å². The number of fused-ring (bicyclic) bond motifs is 1. The summed E-state index contributed by atoms with van der Waals surface area (Å²) in [5.74, 6) is -1.86. The average molecular weight is 411 g/mol. The quantitative estimate of drug-likeness (QED) is 0.624. The number of carbonyl (C=O) groups is 4. The van der Waals surface area contributed by atoms with Crippen molar-refractivity contribution in [1.82, 2.24) is 25.3 Å². The minimum atomic E-state index is -0.923. The van der Waals surface area contributed by atoms with Gasteiger partial charge in [-0.3, -0.25) is 39.2 Å². The third-order valence-electron chi connectivity index (χ3n) is 6.59. The smallest absolute Gasteiger partial charge is 0.262 e. The Morgan fingerprint density at radius 1 is 0.933 bits per heavy atom. The molecule has 9 heteroatoms. The first-order valence-electron chi connectivity index (χ1n) is 10.5. The van der Waals surface area contributed by atoms with Crippen molar-refractivity contribution in [3.63, 3.8) is 0 Å². The van der Waals surface area contributed by atoms with Gasteiger partial charge in [0, 0.05) is 58.3 Å². The number of nitrogens with one attached hydrogen (secondary N) is 2. The van der Waals surface area contributed by atoms with E-state index in [1.165, 1.54) is 0 Å². The van der Waals surface area contributed by atoms with Crippen LogP contribution in [0.25, 0.3) is 0 Å². The summed E-state index contributed by atoms with van der Waals surface area (Å²) in [5, 5.41) is 5.53. The van der Waals surface area contributed by atoms with Crippen LogP contribution in [-0.2, 0) is 16.1 Å². The highest BCUT2D eigenvalue weighted by Gasteiger charge is 2.44. The van der Waals surface area contributed by atoms with E-state index in [0.717, 1.165) is 56.3 Å². The van der Waals surface area contributed by atoms with Crippen LogP contribution in [-0.4, -0.2) is 89.7 Å². The Bertz CT molecular complexity index is 920. The molecule has 0 radical (unpaired) electrons. The Labute approximate surface area is 174 Å². The average Bonchev–Trinajstić information content (AvgIpc) is 2.93. The van der Waals surface area contributed by atoms with Gasteiger partial charge in [-0.2, -0.15) is 0 Å². The molecular formula is C21H25N5O4. The third-order valence-corrected chi connectivity index (χ3v) is 6.59. The van der Waals surface area contributed by atoms with Crippen molar-refractivity contribution in [2.24, 2.45) is 0 Å². The number of hydrogen-bond acceptors (Lipinski definition) is 7. The van der Waals surface area contributed by atoms with Crippen molar-refractivity contribution < 1.29 is 19.2 Å². The molecule has 0 aromatic heterocycles. The summed E-state index contributed by atoms with van der Waals surface area (Å²) < 4.78 is 0. The van der Waals surface area contributed by atoms with Gasteiger partial charge in [0.25, 0.3) is 11.8 Å². The molecule has 2 N–H and O–H groups in total. The molecule has 0 saturated carbocycles. The van der Waals surface area contributed by atoms with Crippen LogP contribution in [0.3, 0.4) is 0 Å². The van der Waals surface area contributed by atoms with Gasteiger partial charge in [0.2, 0.25) is 11.8 Å². The van der Waals surface area contributed by atoms with Crippen LogP contribution in [0.1, 0.15) is 39.1 Å². The van der Waals surface area contributed by atoms with E-state index in [9.17, 15) is 19.2 Å². The number of piperidine rings is 1. The lowest BCUT2D eigenvalue weighted by atomic mass is 10.0. The van der Waals surface area contributed by atoms with E-state index < -0.39 is 23.8 Å². The van der Waals surface area contributed by atoms with E-state index in [1.807, 2.05) is 6.07 Å². The molecule has 4 aliphatic rings. The summed E-state index contributed by atoms with van der Waals surface area (Å²) in [5.41, 5.74) is 1.66. The Balaban J connectivity index is 1.27. The van der Waals surface area contributed by atoms with Gasteiger partial charge in [-0.25, -0.2) is 0 Å². The predicted molar refractivity (Wildman–Crippen MR) is 107 cm³/mol. The van der Waals surface area contributed by atoms with Gasteiger partial charge in [0.05, 0.1) is 11.1 Å². The standard InChI is InChI=1S/C21H25N5O4/c27-18-4-3-17(19(28)23-18)26-20(29)15-2-1-13(9-16(15)21(26)30)12-24-5-7-25(8-6-24)14-10-22-11-14/h1-2,9,14,17,22H,3-8,10-12H2,(H,23,27,28). The van der Waals surface area contributed by atoms with Gasteiger partial charge in [-0.1, -0.05) is 6.07 Å². The molecule has 1 unspecified atom stereocenters. The molecule has 1 aromatic carbocycles. The van der Waals surface area contributed by atoms with Crippen LogP contribution >= 0.6 is 0 Å². The van der Waals surface area contributed by atoms with E-state index in [2.05, 4.69) is 20.4 Å². The molecule has 0 spiro atoms. The minimum Gasteiger partial charge on any atom is -0.314 e. The van der Waals surface area contributed by atoms with Crippen molar-refractivity contribution in [1.29, 1.82) is 0 Å². The highest BCUT2D eigenvalue weighted by Crippen LogP contribution is 2.28. The highest BCUT2D eigenvalue weighted by atomic mass is 16.2. The molecule has 4 heterocycles. The summed E-state index contributed by atoms with van der Waals surface area (Å²) in [6, 6.07) is 5.10. The van der Waals surface area contributed by atoms with Crippen molar-refractivity contribution in [2.45, 2.75) is 31.5 Å². The van der Waals surface area contributed by atoms with Gasteiger partial charge >= 0.3 is 0 Å². The molecule has 30 heavy (non-hydrogen) atoms. The fraction of sp³-hybridized carbons (Fsp3) is 0.524. The molecule has 4 aliphatic heterocycles. The monoisotopic (exact) mass is 411 g/mol. The van der Waals surface area contributed by atoms with E-state index in [1.54, 1.807) is 12.1 Å². The first kappa shape index (κ1) is 19.3. The Hall–Kier alpha value is -2.62. The maximum absolute atomic E-state index is 12.9. The molecule has 4 amide bonds. The van der Waals surface area contributed by atoms with Crippen molar-refractivity contribution in [3.05, 3.63) is 34.9 Å². The number of carbonyl (C=O) groups excluding carboxylic acids is 4. The number of benzene rings is 1. The fourth-order valence-electron chi connectivity index (χ4n) is 4.69. The van der Waals surface area contributed by atoms with Gasteiger partial charge < -0.3 is 5.32 Å². The van der Waals surface area contributed by atoms with Crippen LogP contribution in [0, 0.1) is 0 Å². The molecule has 1 atom stereocenters. The second-order valence-electron chi connectivity index (χ2n) is 8.45. The second kappa shape index (κ2) is 7.57.